The average Bonchev–Trinajstić information content (AvgIpc) is 3.00. The van der Waals surface area contributed by atoms with Gasteiger partial charge >= 0.3 is 0 Å². The van der Waals surface area contributed by atoms with Gasteiger partial charge in [-0.25, -0.2) is 4.98 Å². The summed E-state index contributed by atoms with van der Waals surface area (Å²) < 4.78 is 2.08. The number of nitrogens with zero attached hydrogens (tertiary/aromatic N) is 3. The molecule has 0 unspecified atom stereocenters. The van der Waals surface area contributed by atoms with Crippen LogP contribution in [-0.4, -0.2) is 39.4 Å². The van der Waals surface area contributed by atoms with Gasteiger partial charge in [-0.2, -0.15) is 0 Å². The van der Waals surface area contributed by atoms with Crippen molar-refractivity contribution in [3.63, 3.8) is 0 Å². The van der Waals surface area contributed by atoms with Crippen molar-refractivity contribution in [2.24, 2.45) is 5.92 Å². The van der Waals surface area contributed by atoms with E-state index in [9.17, 15) is 9.59 Å². The summed E-state index contributed by atoms with van der Waals surface area (Å²) in [4.78, 5) is 31.4. The molecule has 2 aromatic rings. The van der Waals surface area contributed by atoms with Crippen molar-refractivity contribution >= 4 is 28.8 Å². The topological polar surface area (TPSA) is 67.2 Å². The maximum absolute atomic E-state index is 12.9. The van der Waals surface area contributed by atoms with Crippen LogP contribution in [0.3, 0.4) is 0 Å². The van der Waals surface area contributed by atoms with Gasteiger partial charge in [0.15, 0.2) is 0 Å². The van der Waals surface area contributed by atoms with Crippen LogP contribution in [0.2, 0.25) is 0 Å². The van der Waals surface area contributed by atoms with Crippen LogP contribution in [-0.2, 0) is 15.1 Å². The number of piperidine rings is 1. The Hall–Kier alpha value is -2.37. The molecule has 3 rings (SSSR count). The fourth-order valence-corrected chi connectivity index (χ4v) is 3.76. The third-order valence-electron chi connectivity index (χ3n) is 5.15. The molecule has 1 aromatic carbocycles. The van der Waals surface area contributed by atoms with Crippen molar-refractivity contribution in [1.82, 2.24) is 14.5 Å². The number of benzene rings is 1. The fourth-order valence-electron chi connectivity index (χ4n) is 3.76. The summed E-state index contributed by atoms with van der Waals surface area (Å²) >= 11 is 0. The molecule has 2 heterocycles. The SMILES string of the molecule is CCCC(=O)N1CCC(C(=O)Nc2nc3ccccc3n2C(C)(C)C)CC1. The van der Waals surface area contributed by atoms with Crippen LogP contribution in [0.4, 0.5) is 5.95 Å². The van der Waals surface area contributed by atoms with Gasteiger partial charge in [-0.05, 0) is 52.2 Å². The van der Waals surface area contributed by atoms with Gasteiger partial charge in [0.05, 0.1) is 11.0 Å². The molecule has 1 N–H and O–H groups in total. The van der Waals surface area contributed by atoms with Crippen molar-refractivity contribution in [3.8, 4) is 0 Å². The average molecular weight is 370 g/mol. The number of para-hydroxylation sites is 2. The second-order valence-electron chi connectivity index (χ2n) is 8.32. The van der Waals surface area contributed by atoms with E-state index in [0.29, 0.717) is 38.3 Å². The normalized spacial score (nSPS) is 15.9. The first-order chi connectivity index (χ1) is 12.8. The van der Waals surface area contributed by atoms with E-state index in [1.807, 2.05) is 36.1 Å². The number of anilines is 1. The first-order valence-corrected chi connectivity index (χ1v) is 9.88. The second-order valence-corrected chi connectivity index (χ2v) is 8.32. The number of carbonyl (C=O) groups is 2. The lowest BCUT2D eigenvalue weighted by Crippen LogP contribution is -2.41. The molecule has 6 nitrogen and oxygen atoms in total. The standard InChI is InChI=1S/C21H30N4O2/c1-5-8-18(26)24-13-11-15(12-14-24)19(27)23-20-22-16-9-6-7-10-17(16)25(20)21(2,3)4/h6-7,9-10,15H,5,8,11-14H2,1-4H3,(H,22,23,27). The quantitative estimate of drug-likeness (QED) is 0.891. The number of fused-ring (bicyclic) bond motifs is 1. The van der Waals surface area contributed by atoms with E-state index < -0.39 is 0 Å². The smallest absolute Gasteiger partial charge is 0.229 e. The van der Waals surface area contributed by atoms with Crippen molar-refractivity contribution in [2.75, 3.05) is 18.4 Å². The summed E-state index contributed by atoms with van der Waals surface area (Å²) in [5.41, 5.74) is 1.69. The van der Waals surface area contributed by atoms with Gasteiger partial charge < -0.3 is 9.47 Å². The predicted octanol–water partition coefficient (Wildman–Crippen LogP) is 3.77. The lowest BCUT2D eigenvalue weighted by molar-refractivity contribution is -0.134. The highest BCUT2D eigenvalue weighted by Crippen LogP contribution is 2.29. The Kier molecular flexibility index (Phi) is 5.53. The molecular formula is C21H30N4O2. The molecule has 0 spiro atoms. The Morgan fingerprint density at radius 3 is 2.48 bits per heavy atom. The molecule has 1 aliphatic rings. The zero-order chi connectivity index (χ0) is 19.6. The van der Waals surface area contributed by atoms with E-state index in [2.05, 4.69) is 35.6 Å². The highest BCUT2D eigenvalue weighted by Gasteiger charge is 2.29. The number of amides is 2. The van der Waals surface area contributed by atoms with Crippen LogP contribution < -0.4 is 5.32 Å². The Balaban J connectivity index is 1.73. The minimum absolute atomic E-state index is 0.00148. The summed E-state index contributed by atoms with van der Waals surface area (Å²) in [6.45, 7) is 9.65. The van der Waals surface area contributed by atoms with Crippen LogP contribution in [0.1, 0.15) is 53.4 Å². The Morgan fingerprint density at radius 1 is 1.19 bits per heavy atom. The molecule has 1 aromatic heterocycles. The molecule has 146 valence electrons. The maximum Gasteiger partial charge on any atom is 0.229 e. The zero-order valence-electron chi connectivity index (χ0n) is 16.8. The van der Waals surface area contributed by atoms with E-state index in [-0.39, 0.29) is 23.3 Å². The molecule has 1 aliphatic heterocycles. The van der Waals surface area contributed by atoms with Crippen molar-refractivity contribution in [2.45, 2.75) is 58.9 Å². The molecule has 0 atom stereocenters. The first kappa shape index (κ1) is 19.4. The lowest BCUT2D eigenvalue weighted by atomic mass is 9.95. The van der Waals surface area contributed by atoms with Crippen molar-refractivity contribution in [1.29, 1.82) is 0 Å². The second kappa shape index (κ2) is 7.71. The van der Waals surface area contributed by atoms with E-state index in [0.717, 1.165) is 17.5 Å². The molecule has 1 fully saturated rings. The first-order valence-electron chi connectivity index (χ1n) is 9.88. The summed E-state index contributed by atoms with van der Waals surface area (Å²) in [5.74, 6) is 0.714. The third-order valence-corrected chi connectivity index (χ3v) is 5.15. The number of nitrogens with one attached hydrogen (secondary N) is 1. The van der Waals surface area contributed by atoms with Crippen LogP contribution in [0.25, 0.3) is 11.0 Å². The van der Waals surface area contributed by atoms with Gasteiger partial charge in [0.1, 0.15) is 0 Å². The summed E-state index contributed by atoms with van der Waals surface area (Å²) in [7, 11) is 0. The third kappa shape index (κ3) is 4.15. The largest absolute Gasteiger partial charge is 0.343 e. The van der Waals surface area contributed by atoms with E-state index in [1.165, 1.54) is 0 Å². The van der Waals surface area contributed by atoms with Gasteiger partial charge in [-0.15, -0.1) is 0 Å². The Bertz CT molecular complexity index is 826. The molecule has 6 heteroatoms. The summed E-state index contributed by atoms with van der Waals surface area (Å²) in [6, 6.07) is 7.93. The maximum atomic E-state index is 12.9. The fraction of sp³-hybridized carbons (Fsp3) is 0.571. The van der Waals surface area contributed by atoms with Crippen molar-refractivity contribution in [3.05, 3.63) is 24.3 Å². The zero-order valence-corrected chi connectivity index (χ0v) is 16.8. The predicted molar refractivity (Wildman–Crippen MR) is 108 cm³/mol. The Morgan fingerprint density at radius 2 is 1.85 bits per heavy atom. The number of carbonyl (C=O) groups excluding carboxylic acids is 2. The highest BCUT2D eigenvalue weighted by atomic mass is 16.2. The summed E-state index contributed by atoms with van der Waals surface area (Å²) in [5, 5.41) is 3.05. The Labute approximate surface area is 160 Å². The summed E-state index contributed by atoms with van der Waals surface area (Å²) in [6.07, 6.45) is 2.86. The number of hydrogen-bond acceptors (Lipinski definition) is 3. The number of imidazole rings is 1. The minimum atomic E-state index is -0.200. The molecule has 1 saturated heterocycles. The number of hydrogen-bond donors (Lipinski definition) is 1. The van der Waals surface area contributed by atoms with E-state index in [4.69, 9.17) is 0 Å². The lowest BCUT2D eigenvalue weighted by Gasteiger charge is -2.31. The number of rotatable bonds is 4. The molecule has 0 bridgehead atoms. The number of likely N-dealkylation sites (tertiary alicyclic amines) is 1. The highest BCUT2D eigenvalue weighted by molar-refractivity contribution is 5.93. The van der Waals surface area contributed by atoms with Gasteiger partial charge in [0.25, 0.3) is 0 Å². The van der Waals surface area contributed by atoms with Crippen LogP contribution in [0.5, 0.6) is 0 Å². The van der Waals surface area contributed by atoms with Gasteiger partial charge in [0, 0.05) is 31.0 Å². The molecule has 0 aliphatic carbocycles. The monoisotopic (exact) mass is 370 g/mol. The van der Waals surface area contributed by atoms with Crippen molar-refractivity contribution < 1.29 is 9.59 Å². The van der Waals surface area contributed by atoms with Crippen LogP contribution >= 0.6 is 0 Å². The molecular weight excluding hydrogens is 340 g/mol. The van der Waals surface area contributed by atoms with Gasteiger partial charge in [-0.1, -0.05) is 19.1 Å². The van der Waals surface area contributed by atoms with E-state index in [1.54, 1.807) is 0 Å². The van der Waals surface area contributed by atoms with Gasteiger partial charge in [0.2, 0.25) is 17.8 Å². The van der Waals surface area contributed by atoms with Gasteiger partial charge in [-0.3, -0.25) is 14.9 Å². The van der Waals surface area contributed by atoms with Crippen LogP contribution in [0, 0.1) is 5.92 Å². The minimum Gasteiger partial charge on any atom is -0.343 e. The molecule has 2 amide bonds. The molecule has 0 saturated carbocycles. The molecule has 0 radical (unpaired) electrons. The molecule has 27 heavy (non-hydrogen) atoms. The van der Waals surface area contributed by atoms with Crippen LogP contribution in [0.15, 0.2) is 24.3 Å². The number of aromatic nitrogens is 2. The van der Waals surface area contributed by atoms with E-state index >= 15 is 0 Å².